The Bertz CT molecular complexity index is 567. The maximum atomic E-state index is 13.0. The second kappa shape index (κ2) is 6.38. The summed E-state index contributed by atoms with van der Waals surface area (Å²) in [6.07, 6.45) is 0. The molecule has 0 unspecified atom stereocenters. The molecule has 0 radical (unpaired) electrons. The summed E-state index contributed by atoms with van der Waals surface area (Å²) in [6.45, 7) is 8.36. The number of aromatic nitrogens is 1. The second-order valence-corrected chi connectivity index (χ2v) is 6.19. The third-order valence-corrected chi connectivity index (χ3v) is 4.44. The van der Waals surface area contributed by atoms with Crippen molar-refractivity contribution in [3.05, 3.63) is 65.5 Å². The van der Waals surface area contributed by atoms with Gasteiger partial charge in [0.15, 0.2) is 0 Å². The fourth-order valence-electron chi connectivity index (χ4n) is 3.57. The van der Waals surface area contributed by atoms with Gasteiger partial charge in [0.2, 0.25) is 0 Å². The van der Waals surface area contributed by atoms with E-state index >= 15 is 0 Å². The summed E-state index contributed by atoms with van der Waals surface area (Å²) in [5.41, 5.74) is 2.52. The third kappa shape index (κ3) is 2.72. The molecule has 1 nitrogen and oxygen atoms in total. The van der Waals surface area contributed by atoms with Crippen LogP contribution < -0.4 is 0 Å². The standard InChI is InChI=1S/C19H24FN/c1-14(2)19(15(3)4,16-9-6-5-7-10-16)18-12-8-11-17(13-20)21-18/h5-12,14-15H,13H2,1-4H3. The second-order valence-electron chi connectivity index (χ2n) is 6.19. The lowest BCUT2D eigenvalue weighted by atomic mass is 9.62. The Labute approximate surface area is 127 Å². The lowest BCUT2D eigenvalue weighted by Crippen LogP contribution is -2.40. The number of hydrogen-bond acceptors (Lipinski definition) is 1. The van der Waals surface area contributed by atoms with Crippen molar-refractivity contribution >= 4 is 0 Å². The molecule has 0 fully saturated rings. The van der Waals surface area contributed by atoms with Crippen molar-refractivity contribution in [1.29, 1.82) is 0 Å². The van der Waals surface area contributed by atoms with Gasteiger partial charge in [-0.3, -0.25) is 4.98 Å². The first-order valence-corrected chi connectivity index (χ1v) is 7.61. The average molecular weight is 285 g/mol. The Kier molecular flexibility index (Phi) is 4.76. The number of alkyl halides is 1. The zero-order valence-corrected chi connectivity index (χ0v) is 13.3. The van der Waals surface area contributed by atoms with Crippen molar-refractivity contribution < 1.29 is 4.39 Å². The van der Waals surface area contributed by atoms with Gasteiger partial charge in [0.1, 0.15) is 6.67 Å². The first-order valence-electron chi connectivity index (χ1n) is 7.61. The topological polar surface area (TPSA) is 12.9 Å². The molecule has 0 aliphatic carbocycles. The monoisotopic (exact) mass is 285 g/mol. The lowest BCUT2D eigenvalue weighted by Gasteiger charge is -2.42. The Morgan fingerprint density at radius 2 is 1.52 bits per heavy atom. The maximum Gasteiger partial charge on any atom is 0.131 e. The van der Waals surface area contributed by atoms with Gasteiger partial charge in [-0.2, -0.15) is 0 Å². The highest BCUT2D eigenvalue weighted by Crippen LogP contribution is 2.44. The lowest BCUT2D eigenvalue weighted by molar-refractivity contribution is 0.265. The van der Waals surface area contributed by atoms with Crippen LogP contribution >= 0.6 is 0 Å². The number of hydrogen-bond donors (Lipinski definition) is 0. The van der Waals surface area contributed by atoms with Crippen LogP contribution in [0.2, 0.25) is 0 Å². The molecule has 0 aliphatic rings. The summed E-state index contributed by atoms with van der Waals surface area (Å²) < 4.78 is 13.0. The minimum atomic E-state index is -0.519. The highest BCUT2D eigenvalue weighted by Gasteiger charge is 2.41. The van der Waals surface area contributed by atoms with E-state index in [1.807, 2.05) is 18.2 Å². The van der Waals surface area contributed by atoms with E-state index in [9.17, 15) is 4.39 Å². The van der Waals surface area contributed by atoms with E-state index in [0.29, 0.717) is 17.5 Å². The van der Waals surface area contributed by atoms with E-state index in [-0.39, 0.29) is 5.41 Å². The summed E-state index contributed by atoms with van der Waals surface area (Å²) in [4.78, 5) is 4.61. The first-order chi connectivity index (χ1) is 10.0. The molecule has 0 N–H and O–H groups in total. The molecule has 2 aromatic rings. The van der Waals surface area contributed by atoms with Gasteiger partial charge in [-0.1, -0.05) is 64.1 Å². The third-order valence-electron chi connectivity index (χ3n) is 4.44. The van der Waals surface area contributed by atoms with Gasteiger partial charge >= 0.3 is 0 Å². The van der Waals surface area contributed by atoms with Crippen molar-refractivity contribution in [2.45, 2.75) is 39.8 Å². The fourth-order valence-corrected chi connectivity index (χ4v) is 3.57. The molecule has 0 aliphatic heterocycles. The van der Waals surface area contributed by atoms with Gasteiger partial charge in [-0.05, 0) is 29.5 Å². The molecule has 21 heavy (non-hydrogen) atoms. The zero-order chi connectivity index (χ0) is 15.5. The molecular formula is C19H24FN. The molecule has 0 bridgehead atoms. The van der Waals surface area contributed by atoms with Crippen LogP contribution in [0.4, 0.5) is 4.39 Å². The molecule has 0 saturated heterocycles. The molecule has 0 atom stereocenters. The minimum Gasteiger partial charge on any atom is -0.254 e. The summed E-state index contributed by atoms with van der Waals surface area (Å²) in [6, 6.07) is 16.2. The predicted octanol–water partition coefficient (Wildman–Crippen LogP) is 5.15. The van der Waals surface area contributed by atoms with E-state index in [4.69, 9.17) is 0 Å². The van der Waals surface area contributed by atoms with Gasteiger partial charge in [0, 0.05) is 5.41 Å². The number of halogens is 1. The number of rotatable bonds is 5. The highest BCUT2D eigenvalue weighted by atomic mass is 19.1. The zero-order valence-electron chi connectivity index (χ0n) is 13.3. The molecule has 1 heterocycles. The number of nitrogens with zero attached hydrogens (tertiary/aromatic N) is 1. The Hall–Kier alpha value is -1.70. The number of benzene rings is 1. The number of pyridine rings is 1. The fraction of sp³-hybridized carbons (Fsp3) is 0.421. The van der Waals surface area contributed by atoms with Crippen molar-refractivity contribution in [3.8, 4) is 0 Å². The van der Waals surface area contributed by atoms with Crippen LogP contribution in [0.5, 0.6) is 0 Å². The van der Waals surface area contributed by atoms with Crippen LogP contribution in [0.3, 0.4) is 0 Å². The average Bonchev–Trinajstić information content (AvgIpc) is 2.48. The highest BCUT2D eigenvalue weighted by molar-refractivity contribution is 5.38. The van der Waals surface area contributed by atoms with E-state index < -0.39 is 6.67 Å². The quantitative estimate of drug-likeness (QED) is 0.740. The summed E-state index contributed by atoms with van der Waals surface area (Å²) in [5, 5.41) is 0. The van der Waals surface area contributed by atoms with E-state index in [1.165, 1.54) is 5.56 Å². The van der Waals surface area contributed by atoms with Crippen molar-refractivity contribution in [2.24, 2.45) is 11.8 Å². The Balaban J connectivity index is 2.71. The van der Waals surface area contributed by atoms with Crippen LogP contribution in [-0.4, -0.2) is 4.98 Å². The predicted molar refractivity (Wildman–Crippen MR) is 85.9 cm³/mol. The Morgan fingerprint density at radius 3 is 2.05 bits per heavy atom. The van der Waals surface area contributed by atoms with Crippen molar-refractivity contribution in [1.82, 2.24) is 4.98 Å². The molecule has 0 amide bonds. The SMILES string of the molecule is CC(C)C(c1ccccc1)(c1cccc(CF)n1)C(C)C. The summed E-state index contributed by atoms with van der Waals surface area (Å²) in [5.74, 6) is 0.726. The maximum absolute atomic E-state index is 13.0. The van der Waals surface area contributed by atoms with Gasteiger partial charge in [-0.15, -0.1) is 0 Å². The van der Waals surface area contributed by atoms with E-state index in [1.54, 1.807) is 6.07 Å². The van der Waals surface area contributed by atoms with Crippen LogP contribution in [-0.2, 0) is 12.1 Å². The molecule has 0 spiro atoms. The molecule has 1 aromatic heterocycles. The molecular weight excluding hydrogens is 261 g/mol. The molecule has 112 valence electrons. The summed E-state index contributed by atoms with van der Waals surface area (Å²) in [7, 11) is 0. The normalized spacial score (nSPS) is 12.1. The summed E-state index contributed by atoms with van der Waals surface area (Å²) >= 11 is 0. The molecule has 0 saturated carbocycles. The van der Waals surface area contributed by atoms with Crippen molar-refractivity contribution in [2.75, 3.05) is 0 Å². The molecule has 2 heteroatoms. The van der Waals surface area contributed by atoms with Gasteiger partial charge in [0.05, 0.1) is 11.4 Å². The van der Waals surface area contributed by atoms with Gasteiger partial charge in [0.25, 0.3) is 0 Å². The Morgan fingerprint density at radius 1 is 0.905 bits per heavy atom. The first kappa shape index (κ1) is 15.7. The molecule has 2 rings (SSSR count). The van der Waals surface area contributed by atoms with Crippen LogP contribution in [0.25, 0.3) is 0 Å². The molecule has 1 aromatic carbocycles. The van der Waals surface area contributed by atoms with E-state index in [2.05, 4.69) is 56.9 Å². The largest absolute Gasteiger partial charge is 0.254 e. The van der Waals surface area contributed by atoms with Gasteiger partial charge in [-0.25, -0.2) is 4.39 Å². The minimum absolute atomic E-state index is 0.202. The smallest absolute Gasteiger partial charge is 0.131 e. The van der Waals surface area contributed by atoms with Gasteiger partial charge < -0.3 is 0 Å². The van der Waals surface area contributed by atoms with Crippen LogP contribution in [0.15, 0.2) is 48.5 Å². The van der Waals surface area contributed by atoms with Crippen molar-refractivity contribution in [3.63, 3.8) is 0 Å². The van der Waals surface area contributed by atoms with Crippen LogP contribution in [0.1, 0.15) is 44.6 Å². The van der Waals surface area contributed by atoms with Crippen LogP contribution in [0, 0.1) is 11.8 Å². The van der Waals surface area contributed by atoms with E-state index in [0.717, 1.165) is 5.69 Å².